The summed E-state index contributed by atoms with van der Waals surface area (Å²) in [5.74, 6) is -1.42. The molecule has 0 N–H and O–H groups in total. The molecule has 1 aliphatic rings. The lowest BCUT2D eigenvalue weighted by Crippen LogP contribution is -2.41. The van der Waals surface area contributed by atoms with Gasteiger partial charge in [-0.25, -0.2) is 4.79 Å². The van der Waals surface area contributed by atoms with Gasteiger partial charge in [0.25, 0.3) is 0 Å². The maximum atomic E-state index is 11.4. The summed E-state index contributed by atoms with van der Waals surface area (Å²) in [5.41, 5.74) is 0.363. The zero-order chi connectivity index (χ0) is 11.3. The molecular formula is C11H18O4. The van der Waals surface area contributed by atoms with Crippen LogP contribution in [0.25, 0.3) is 0 Å². The third-order valence-electron chi connectivity index (χ3n) is 2.11. The van der Waals surface area contributed by atoms with Crippen molar-refractivity contribution in [1.82, 2.24) is 0 Å². The van der Waals surface area contributed by atoms with E-state index in [0.29, 0.717) is 18.8 Å². The van der Waals surface area contributed by atoms with Crippen molar-refractivity contribution in [2.45, 2.75) is 32.5 Å². The number of esters is 1. The van der Waals surface area contributed by atoms with Crippen molar-refractivity contribution in [3.05, 3.63) is 12.2 Å². The van der Waals surface area contributed by atoms with Gasteiger partial charge in [-0.15, -0.1) is 0 Å². The van der Waals surface area contributed by atoms with Gasteiger partial charge in [0, 0.05) is 19.1 Å². The Balaban J connectivity index is 2.53. The van der Waals surface area contributed by atoms with Crippen molar-refractivity contribution in [1.29, 1.82) is 0 Å². The Labute approximate surface area is 90.2 Å². The Morgan fingerprint density at radius 3 is 2.73 bits per heavy atom. The number of ether oxygens (including phenoxy) is 3. The van der Waals surface area contributed by atoms with E-state index in [0.717, 1.165) is 12.8 Å². The summed E-state index contributed by atoms with van der Waals surface area (Å²) < 4.78 is 16.0. The summed E-state index contributed by atoms with van der Waals surface area (Å²) in [6.07, 6.45) is 1.89. The van der Waals surface area contributed by atoms with E-state index < -0.39 is 11.8 Å². The molecule has 86 valence electrons. The maximum absolute atomic E-state index is 11.4. The van der Waals surface area contributed by atoms with E-state index in [9.17, 15) is 4.79 Å². The summed E-state index contributed by atoms with van der Waals surface area (Å²) in [6, 6.07) is 0. The molecule has 0 radical (unpaired) electrons. The van der Waals surface area contributed by atoms with Crippen molar-refractivity contribution in [2.24, 2.45) is 0 Å². The fraction of sp³-hybridized carbons (Fsp3) is 0.727. The van der Waals surface area contributed by atoms with Crippen LogP contribution in [0.15, 0.2) is 12.2 Å². The Morgan fingerprint density at radius 2 is 2.07 bits per heavy atom. The zero-order valence-corrected chi connectivity index (χ0v) is 9.38. The summed E-state index contributed by atoms with van der Waals surface area (Å²) in [5, 5.41) is 0. The molecule has 0 spiro atoms. The lowest BCUT2D eigenvalue weighted by atomic mass is 10.2. The third-order valence-corrected chi connectivity index (χ3v) is 2.11. The van der Waals surface area contributed by atoms with Crippen LogP contribution in [0, 0.1) is 0 Å². The maximum Gasteiger partial charge on any atom is 0.335 e. The van der Waals surface area contributed by atoms with Gasteiger partial charge in [-0.2, -0.15) is 0 Å². The second-order valence-corrected chi connectivity index (χ2v) is 3.91. The van der Waals surface area contributed by atoms with E-state index in [1.54, 1.807) is 13.8 Å². The van der Waals surface area contributed by atoms with Crippen LogP contribution in [-0.4, -0.2) is 31.6 Å². The quantitative estimate of drug-likeness (QED) is 0.518. The first kappa shape index (κ1) is 12.2. The van der Waals surface area contributed by atoms with Gasteiger partial charge in [0.1, 0.15) is 6.61 Å². The van der Waals surface area contributed by atoms with Crippen molar-refractivity contribution in [3.63, 3.8) is 0 Å². The van der Waals surface area contributed by atoms with E-state index in [-0.39, 0.29) is 6.61 Å². The van der Waals surface area contributed by atoms with Gasteiger partial charge in [-0.3, -0.25) is 0 Å². The normalized spacial score (nSPS) is 27.6. The fourth-order valence-electron chi connectivity index (χ4n) is 1.24. The van der Waals surface area contributed by atoms with Crippen molar-refractivity contribution in [2.75, 3.05) is 19.8 Å². The second kappa shape index (κ2) is 5.28. The lowest BCUT2D eigenvalue weighted by molar-refractivity contribution is -0.245. The van der Waals surface area contributed by atoms with Gasteiger partial charge in [-0.05, 0) is 19.8 Å². The van der Waals surface area contributed by atoms with Crippen LogP contribution in [0.3, 0.4) is 0 Å². The number of carbonyl (C=O) groups is 1. The highest BCUT2D eigenvalue weighted by atomic mass is 16.7. The standard InChI is InChI=1S/C11H18O4/c1-9(2)10(12)15-11(3)8-13-6-4-5-7-14-11/h1,4-8H2,2-3H3. The van der Waals surface area contributed by atoms with Gasteiger partial charge >= 0.3 is 5.97 Å². The van der Waals surface area contributed by atoms with Crippen molar-refractivity contribution >= 4 is 5.97 Å². The highest BCUT2D eigenvalue weighted by molar-refractivity contribution is 5.87. The monoisotopic (exact) mass is 214 g/mol. The van der Waals surface area contributed by atoms with E-state index in [1.807, 2.05) is 0 Å². The van der Waals surface area contributed by atoms with Gasteiger partial charge in [0.05, 0.1) is 6.61 Å². The van der Waals surface area contributed by atoms with Crippen molar-refractivity contribution < 1.29 is 19.0 Å². The molecule has 1 unspecified atom stereocenters. The molecule has 4 heteroatoms. The minimum atomic E-state index is -0.976. The predicted octanol–water partition coefficient (Wildman–Crippen LogP) is 1.65. The Hall–Kier alpha value is -0.870. The first-order chi connectivity index (χ1) is 7.03. The van der Waals surface area contributed by atoms with Crippen LogP contribution in [0.4, 0.5) is 0 Å². The molecule has 1 atom stereocenters. The van der Waals surface area contributed by atoms with Gasteiger partial charge in [0.15, 0.2) is 0 Å². The molecule has 1 fully saturated rings. The predicted molar refractivity (Wildman–Crippen MR) is 55.3 cm³/mol. The van der Waals surface area contributed by atoms with Crippen molar-refractivity contribution in [3.8, 4) is 0 Å². The summed E-state index contributed by atoms with van der Waals surface area (Å²) in [7, 11) is 0. The Morgan fingerprint density at radius 1 is 1.40 bits per heavy atom. The lowest BCUT2D eigenvalue weighted by Gasteiger charge is -2.31. The fourth-order valence-corrected chi connectivity index (χ4v) is 1.24. The second-order valence-electron chi connectivity index (χ2n) is 3.91. The first-order valence-corrected chi connectivity index (χ1v) is 5.14. The van der Waals surface area contributed by atoms with Gasteiger partial charge in [0.2, 0.25) is 5.79 Å². The molecule has 1 aliphatic heterocycles. The van der Waals surface area contributed by atoms with Gasteiger partial charge in [-0.1, -0.05) is 6.58 Å². The van der Waals surface area contributed by atoms with E-state index in [1.165, 1.54) is 0 Å². The first-order valence-electron chi connectivity index (χ1n) is 5.14. The van der Waals surface area contributed by atoms with E-state index in [4.69, 9.17) is 14.2 Å². The number of hydrogen-bond donors (Lipinski definition) is 0. The smallest absolute Gasteiger partial charge is 0.335 e. The van der Waals surface area contributed by atoms with Crippen LogP contribution in [0.5, 0.6) is 0 Å². The largest absolute Gasteiger partial charge is 0.427 e. The Kier molecular flexibility index (Phi) is 4.29. The third kappa shape index (κ3) is 4.01. The topological polar surface area (TPSA) is 44.8 Å². The molecule has 0 saturated carbocycles. The van der Waals surface area contributed by atoms with Crippen LogP contribution in [-0.2, 0) is 19.0 Å². The van der Waals surface area contributed by atoms with Gasteiger partial charge < -0.3 is 14.2 Å². The number of carbonyl (C=O) groups excluding carboxylic acids is 1. The molecule has 0 aromatic heterocycles. The molecule has 0 bridgehead atoms. The number of hydrogen-bond acceptors (Lipinski definition) is 4. The summed E-state index contributed by atoms with van der Waals surface area (Å²) >= 11 is 0. The molecule has 0 aromatic carbocycles. The summed E-state index contributed by atoms with van der Waals surface area (Å²) in [6.45, 7) is 8.38. The average Bonchev–Trinajstić information content (AvgIpc) is 2.12. The number of rotatable bonds is 2. The summed E-state index contributed by atoms with van der Waals surface area (Å²) in [4.78, 5) is 11.4. The molecule has 15 heavy (non-hydrogen) atoms. The molecule has 1 heterocycles. The average molecular weight is 214 g/mol. The zero-order valence-electron chi connectivity index (χ0n) is 9.38. The molecule has 0 amide bonds. The minimum absolute atomic E-state index is 0.270. The SMILES string of the molecule is C=C(C)C(=O)OC1(C)COCCCCO1. The van der Waals surface area contributed by atoms with E-state index >= 15 is 0 Å². The van der Waals surface area contributed by atoms with Crippen LogP contribution < -0.4 is 0 Å². The molecule has 4 nitrogen and oxygen atoms in total. The Bertz CT molecular complexity index is 239. The molecule has 1 rings (SSSR count). The highest BCUT2D eigenvalue weighted by Crippen LogP contribution is 2.18. The van der Waals surface area contributed by atoms with Crippen LogP contribution in [0.1, 0.15) is 26.7 Å². The van der Waals surface area contributed by atoms with Crippen LogP contribution >= 0.6 is 0 Å². The van der Waals surface area contributed by atoms with Crippen LogP contribution in [0.2, 0.25) is 0 Å². The van der Waals surface area contributed by atoms with E-state index in [2.05, 4.69) is 6.58 Å². The minimum Gasteiger partial charge on any atom is -0.427 e. The molecule has 0 aromatic rings. The molecular weight excluding hydrogens is 196 g/mol. The molecule has 1 saturated heterocycles. The molecule has 0 aliphatic carbocycles. The highest BCUT2D eigenvalue weighted by Gasteiger charge is 2.31.